The van der Waals surface area contributed by atoms with Crippen LogP contribution in [-0.2, 0) is 6.42 Å². The highest BCUT2D eigenvalue weighted by Gasteiger charge is 2.23. The van der Waals surface area contributed by atoms with Crippen LogP contribution in [0.1, 0.15) is 31.8 Å². The molecule has 0 aliphatic carbocycles. The zero-order valence-electron chi connectivity index (χ0n) is 18.8. The van der Waals surface area contributed by atoms with E-state index in [0.717, 1.165) is 40.9 Å². The van der Waals surface area contributed by atoms with Gasteiger partial charge in [0, 0.05) is 29.2 Å². The Labute approximate surface area is 200 Å². The minimum Gasteiger partial charge on any atom is -0.326 e. The zero-order valence-corrected chi connectivity index (χ0v) is 18.8. The lowest BCUT2D eigenvalue weighted by molar-refractivity contribution is -0.385. The van der Waals surface area contributed by atoms with Gasteiger partial charge in [0.15, 0.2) is 0 Å². The molecule has 2 amide bonds. The first-order chi connectivity index (χ1) is 16.9. The van der Waals surface area contributed by atoms with E-state index in [-0.39, 0.29) is 11.3 Å². The van der Waals surface area contributed by atoms with E-state index in [2.05, 4.69) is 40.0 Å². The normalized spacial score (nSPS) is 12.3. The number of carbonyl (C=O) groups excluding carboxylic acids is 2. The Balaban J connectivity index is 1.29. The van der Waals surface area contributed by atoms with Crippen LogP contribution in [0.2, 0.25) is 0 Å². The van der Waals surface area contributed by atoms with Crippen molar-refractivity contribution in [3.63, 3.8) is 0 Å². The molecule has 1 aliphatic heterocycles. The molecule has 2 N–H and O–H groups in total. The summed E-state index contributed by atoms with van der Waals surface area (Å²) in [6, 6.07) is 20.9. The molecule has 0 spiro atoms. The molecule has 0 fully saturated rings. The quantitative estimate of drug-likeness (QED) is 0.343. The topological polar surface area (TPSA) is 117 Å². The summed E-state index contributed by atoms with van der Waals surface area (Å²) in [4.78, 5) is 42.3. The number of hydrazine groups is 1. The van der Waals surface area contributed by atoms with E-state index in [9.17, 15) is 19.7 Å². The number of para-hydroxylation sites is 1. The van der Waals surface area contributed by atoms with E-state index in [1.54, 1.807) is 12.1 Å². The van der Waals surface area contributed by atoms with Gasteiger partial charge in [-0.2, -0.15) is 0 Å². The van der Waals surface area contributed by atoms with Crippen molar-refractivity contribution in [1.29, 1.82) is 0 Å². The molecule has 0 bridgehead atoms. The van der Waals surface area contributed by atoms with Crippen molar-refractivity contribution in [3.8, 4) is 0 Å². The molecule has 2 heterocycles. The number of hydrogen-bond donors (Lipinski definition) is 2. The van der Waals surface area contributed by atoms with Gasteiger partial charge in [0.05, 0.1) is 10.4 Å². The average molecular weight is 467 g/mol. The second-order valence-corrected chi connectivity index (χ2v) is 8.30. The molecule has 4 aromatic rings. The largest absolute Gasteiger partial charge is 0.326 e. The fourth-order valence-corrected chi connectivity index (χ4v) is 4.19. The van der Waals surface area contributed by atoms with E-state index in [1.165, 1.54) is 29.8 Å². The first kappa shape index (κ1) is 22.0. The van der Waals surface area contributed by atoms with Gasteiger partial charge >= 0.3 is 0 Å². The van der Waals surface area contributed by atoms with E-state index >= 15 is 0 Å². The number of aromatic nitrogens is 1. The Morgan fingerprint density at radius 1 is 0.971 bits per heavy atom. The van der Waals surface area contributed by atoms with Crippen LogP contribution in [0, 0.1) is 17.0 Å². The van der Waals surface area contributed by atoms with Crippen molar-refractivity contribution in [2.24, 2.45) is 0 Å². The number of anilines is 2. The van der Waals surface area contributed by atoms with Gasteiger partial charge in [-0.1, -0.05) is 24.3 Å². The molecule has 0 saturated carbocycles. The fraction of sp³-hybridized carbons (Fsp3) is 0.115. The number of nitro benzene ring substituents is 1. The molecule has 3 aromatic carbocycles. The van der Waals surface area contributed by atoms with Crippen LogP contribution in [0.15, 0.2) is 72.8 Å². The fourth-order valence-electron chi connectivity index (χ4n) is 4.19. The summed E-state index contributed by atoms with van der Waals surface area (Å²) in [5.74, 6) is -0.397. The number of amides is 2. The summed E-state index contributed by atoms with van der Waals surface area (Å²) < 4.78 is 0. The average Bonchev–Trinajstić information content (AvgIpc) is 3.28. The molecule has 1 aliphatic rings. The molecule has 5 rings (SSSR count). The van der Waals surface area contributed by atoms with Crippen molar-refractivity contribution in [2.75, 3.05) is 11.4 Å². The third-order valence-corrected chi connectivity index (χ3v) is 5.97. The van der Waals surface area contributed by atoms with E-state index < -0.39 is 16.7 Å². The number of nitrogens with zero attached hydrogens (tertiary/aromatic N) is 3. The van der Waals surface area contributed by atoms with Crippen molar-refractivity contribution in [3.05, 3.63) is 105 Å². The lowest BCUT2D eigenvalue weighted by Gasteiger charge is -2.19. The predicted molar refractivity (Wildman–Crippen MR) is 132 cm³/mol. The molecule has 0 atom stereocenters. The molecule has 1 aromatic heterocycles. The van der Waals surface area contributed by atoms with Gasteiger partial charge in [0.2, 0.25) is 0 Å². The third kappa shape index (κ3) is 4.26. The number of hydrogen-bond acceptors (Lipinski definition) is 6. The van der Waals surface area contributed by atoms with E-state index in [4.69, 9.17) is 4.98 Å². The first-order valence-electron chi connectivity index (χ1n) is 11.0. The van der Waals surface area contributed by atoms with Gasteiger partial charge in [-0.3, -0.25) is 30.6 Å². The molecular formula is C26H21N5O4. The summed E-state index contributed by atoms with van der Waals surface area (Å²) in [6.45, 7) is 2.83. The Morgan fingerprint density at radius 2 is 1.71 bits per heavy atom. The van der Waals surface area contributed by atoms with Crippen LogP contribution in [0.5, 0.6) is 0 Å². The van der Waals surface area contributed by atoms with Crippen LogP contribution in [0.3, 0.4) is 0 Å². The number of nitrogens with one attached hydrogen (secondary N) is 2. The zero-order chi connectivity index (χ0) is 24.5. The van der Waals surface area contributed by atoms with Crippen LogP contribution >= 0.6 is 0 Å². The van der Waals surface area contributed by atoms with Crippen LogP contribution < -0.4 is 15.8 Å². The first-order valence-corrected chi connectivity index (χ1v) is 11.0. The lowest BCUT2D eigenvalue weighted by atomic mass is 10.1. The SMILES string of the molecule is Cc1ccc2cc3c(nc2c1)N(c1ccc(C(=O)NNC(=O)c2ccccc2[N+](=O)[O-])cc1)CC3. The summed E-state index contributed by atoms with van der Waals surface area (Å²) in [6.07, 6.45) is 0.881. The van der Waals surface area contributed by atoms with Gasteiger partial charge in [-0.05, 0) is 66.9 Å². The highest BCUT2D eigenvalue weighted by molar-refractivity contribution is 6.01. The van der Waals surface area contributed by atoms with E-state index in [1.807, 2.05) is 19.1 Å². The minimum absolute atomic E-state index is 0.143. The maximum absolute atomic E-state index is 12.5. The van der Waals surface area contributed by atoms with E-state index in [0.29, 0.717) is 5.56 Å². The summed E-state index contributed by atoms with van der Waals surface area (Å²) in [5, 5.41) is 12.2. The lowest BCUT2D eigenvalue weighted by Crippen LogP contribution is -2.41. The highest BCUT2D eigenvalue weighted by Crippen LogP contribution is 2.35. The predicted octanol–water partition coefficient (Wildman–Crippen LogP) is 4.22. The number of aryl methyl sites for hydroxylation is 1. The molecule has 174 valence electrons. The smallest absolute Gasteiger partial charge is 0.282 e. The molecular weight excluding hydrogens is 446 g/mol. The second kappa shape index (κ2) is 8.86. The van der Waals surface area contributed by atoms with Crippen LogP contribution in [0.4, 0.5) is 17.2 Å². The number of carbonyl (C=O) groups is 2. The van der Waals surface area contributed by atoms with Crippen LogP contribution in [0.25, 0.3) is 10.9 Å². The Morgan fingerprint density at radius 3 is 2.49 bits per heavy atom. The molecule has 9 nitrogen and oxygen atoms in total. The summed E-state index contributed by atoms with van der Waals surface area (Å²) >= 11 is 0. The Hall–Kier alpha value is -4.79. The standard InChI is InChI=1S/C26H21N5O4/c1-16-6-7-18-15-19-12-13-30(24(19)27-22(18)14-16)20-10-8-17(9-11-20)25(32)28-29-26(33)21-4-2-3-5-23(21)31(34)35/h2-11,14-15H,12-13H2,1H3,(H,28,32)(H,29,33). The second-order valence-electron chi connectivity index (χ2n) is 8.30. The summed E-state index contributed by atoms with van der Waals surface area (Å²) in [5.41, 5.74) is 8.57. The maximum Gasteiger partial charge on any atom is 0.282 e. The maximum atomic E-state index is 12.5. The van der Waals surface area contributed by atoms with Gasteiger partial charge in [-0.15, -0.1) is 0 Å². The molecule has 0 radical (unpaired) electrons. The van der Waals surface area contributed by atoms with Crippen molar-refractivity contribution >= 4 is 39.9 Å². The number of pyridine rings is 1. The Kier molecular flexibility index (Phi) is 5.58. The summed E-state index contributed by atoms with van der Waals surface area (Å²) in [7, 11) is 0. The monoisotopic (exact) mass is 467 g/mol. The third-order valence-electron chi connectivity index (χ3n) is 5.97. The number of fused-ring (bicyclic) bond motifs is 2. The molecule has 0 unspecified atom stereocenters. The van der Waals surface area contributed by atoms with Gasteiger partial charge < -0.3 is 4.90 Å². The van der Waals surface area contributed by atoms with Crippen molar-refractivity contribution in [2.45, 2.75) is 13.3 Å². The molecule has 9 heteroatoms. The number of rotatable bonds is 4. The van der Waals surface area contributed by atoms with Crippen LogP contribution in [-0.4, -0.2) is 28.3 Å². The van der Waals surface area contributed by atoms with Crippen molar-refractivity contribution < 1.29 is 14.5 Å². The molecule has 0 saturated heterocycles. The highest BCUT2D eigenvalue weighted by atomic mass is 16.6. The molecule has 35 heavy (non-hydrogen) atoms. The Bertz CT molecular complexity index is 1480. The van der Waals surface area contributed by atoms with Crippen molar-refractivity contribution in [1.82, 2.24) is 15.8 Å². The van der Waals surface area contributed by atoms with Gasteiger partial charge in [-0.25, -0.2) is 4.98 Å². The number of nitro groups is 1. The van der Waals surface area contributed by atoms with Gasteiger partial charge in [0.25, 0.3) is 17.5 Å². The number of benzene rings is 3. The van der Waals surface area contributed by atoms with Gasteiger partial charge in [0.1, 0.15) is 11.4 Å². The minimum atomic E-state index is -0.774.